The molecule has 32 heavy (non-hydrogen) atoms. The van der Waals surface area contributed by atoms with Gasteiger partial charge in [-0.25, -0.2) is 9.37 Å². The van der Waals surface area contributed by atoms with Gasteiger partial charge in [-0.15, -0.1) is 0 Å². The molecule has 0 aliphatic heterocycles. The van der Waals surface area contributed by atoms with Crippen LogP contribution in [-0.4, -0.2) is 16.0 Å². The summed E-state index contributed by atoms with van der Waals surface area (Å²) >= 11 is 5.24. The maximum Gasteiger partial charge on any atom is 0.257 e. The number of halogens is 1. The molecule has 3 aromatic carbocycles. The van der Waals surface area contributed by atoms with Gasteiger partial charge in [0.2, 0.25) is 5.89 Å². The first-order valence-electron chi connectivity index (χ1n) is 10.3. The van der Waals surface area contributed by atoms with Crippen LogP contribution < -0.4 is 10.6 Å². The van der Waals surface area contributed by atoms with Crippen LogP contribution in [-0.2, 0) is 0 Å². The highest BCUT2D eigenvalue weighted by Gasteiger charge is 2.12. The zero-order valence-electron chi connectivity index (χ0n) is 17.7. The number of oxazole rings is 1. The molecule has 0 radical (unpaired) electrons. The number of hydrogen-bond donors (Lipinski definition) is 2. The van der Waals surface area contributed by atoms with Gasteiger partial charge in [-0.3, -0.25) is 10.1 Å². The van der Waals surface area contributed by atoms with Gasteiger partial charge >= 0.3 is 0 Å². The largest absolute Gasteiger partial charge is 0.436 e. The first-order valence-corrected chi connectivity index (χ1v) is 10.7. The molecule has 5 nitrogen and oxygen atoms in total. The van der Waals surface area contributed by atoms with Crippen LogP contribution >= 0.6 is 12.2 Å². The predicted molar refractivity (Wildman–Crippen MR) is 128 cm³/mol. The summed E-state index contributed by atoms with van der Waals surface area (Å²) in [4.78, 5) is 16.9. The fourth-order valence-corrected chi connectivity index (χ4v) is 3.49. The number of carbonyl (C=O) groups excluding carboxylic acids is 1. The molecule has 4 rings (SSSR count). The number of nitrogens with one attached hydrogen (secondary N) is 2. The van der Waals surface area contributed by atoms with Gasteiger partial charge in [0.05, 0.1) is 0 Å². The summed E-state index contributed by atoms with van der Waals surface area (Å²) in [7, 11) is 0. The number of carbonyl (C=O) groups is 1. The minimum atomic E-state index is -0.422. The SMILES string of the molecule is CC[C@H](C)c1ccc2oc(-c3cccc(NC(=S)NC(=O)c4ccc(F)cc4)c3)nc2c1. The van der Waals surface area contributed by atoms with Gasteiger partial charge in [0.15, 0.2) is 10.7 Å². The molecule has 1 aromatic heterocycles. The van der Waals surface area contributed by atoms with E-state index in [2.05, 4.69) is 41.6 Å². The highest BCUT2D eigenvalue weighted by Crippen LogP contribution is 2.29. The van der Waals surface area contributed by atoms with E-state index < -0.39 is 11.7 Å². The van der Waals surface area contributed by atoms with Gasteiger partial charge in [0.1, 0.15) is 11.3 Å². The number of anilines is 1. The van der Waals surface area contributed by atoms with Crippen molar-refractivity contribution in [2.24, 2.45) is 0 Å². The molecule has 7 heteroatoms. The Hall–Kier alpha value is -3.58. The van der Waals surface area contributed by atoms with Crippen molar-refractivity contribution in [1.29, 1.82) is 0 Å². The first kappa shape index (κ1) is 21.6. The van der Waals surface area contributed by atoms with Crippen molar-refractivity contribution < 1.29 is 13.6 Å². The van der Waals surface area contributed by atoms with E-state index in [9.17, 15) is 9.18 Å². The van der Waals surface area contributed by atoms with E-state index >= 15 is 0 Å². The topological polar surface area (TPSA) is 67.2 Å². The molecular formula is C25H22FN3O2S. The molecule has 162 valence electrons. The lowest BCUT2D eigenvalue weighted by molar-refractivity contribution is 0.0977. The van der Waals surface area contributed by atoms with E-state index in [0.717, 1.165) is 23.1 Å². The van der Waals surface area contributed by atoms with Crippen molar-refractivity contribution in [3.63, 3.8) is 0 Å². The highest BCUT2D eigenvalue weighted by atomic mass is 32.1. The molecular weight excluding hydrogens is 425 g/mol. The lowest BCUT2D eigenvalue weighted by Crippen LogP contribution is -2.34. The highest BCUT2D eigenvalue weighted by molar-refractivity contribution is 7.80. The molecule has 1 atom stereocenters. The van der Waals surface area contributed by atoms with Gasteiger partial charge in [-0.1, -0.05) is 26.0 Å². The van der Waals surface area contributed by atoms with Crippen molar-refractivity contribution in [1.82, 2.24) is 10.3 Å². The van der Waals surface area contributed by atoms with Gasteiger partial charge in [0, 0.05) is 16.8 Å². The second kappa shape index (κ2) is 9.28. The second-order valence-electron chi connectivity index (χ2n) is 7.55. The van der Waals surface area contributed by atoms with E-state index in [1.807, 2.05) is 30.3 Å². The van der Waals surface area contributed by atoms with Crippen LogP contribution in [0.3, 0.4) is 0 Å². The number of amides is 1. The van der Waals surface area contributed by atoms with E-state index in [0.29, 0.717) is 23.1 Å². The molecule has 1 amide bonds. The number of aromatic nitrogens is 1. The van der Waals surface area contributed by atoms with Crippen molar-refractivity contribution >= 4 is 40.0 Å². The number of hydrogen-bond acceptors (Lipinski definition) is 4. The first-order chi connectivity index (χ1) is 15.4. The Labute approximate surface area is 190 Å². The Morgan fingerprint density at radius 1 is 1.12 bits per heavy atom. The number of fused-ring (bicyclic) bond motifs is 1. The lowest BCUT2D eigenvalue weighted by atomic mass is 9.98. The minimum Gasteiger partial charge on any atom is -0.436 e. The number of rotatable bonds is 5. The molecule has 0 saturated carbocycles. The molecule has 0 spiro atoms. The molecule has 1 heterocycles. The molecule has 2 N–H and O–H groups in total. The van der Waals surface area contributed by atoms with E-state index in [-0.39, 0.29) is 5.11 Å². The lowest BCUT2D eigenvalue weighted by Gasteiger charge is -2.10. The van der Waals surface area contributed by atoms with Crippen LogP contribution in [0.4, 0.5) is 10.1 Å². The second-order valence-corrected chi connectivity index (χ2v) is 7.96. The van der Waals surface area contributed by atoms with Gasteiger partial charge in [-0.2, -0.15) is 0 Å². The molecule has 0 bridgehead atoms. The minimum absolute atomic E-state index is 0.132. The average Bonchev–Trinajstić information content (AvgIpc) is 3.22. The summed E-state index contributed by atoms with van der Waals surface area (Å²) in [5, 5.41) is 5.70. The summed E-state index contributed by atoms with van der Waals surface area (Å²) in [6, 6.07) is 18.7. The third kappa shape index (κ3) is 4.84. The van der Waals surface area contributed by atoms with Crippen molar-refractivity contribution in [2.75, 3.05) is 5.32 Å². The van der Waals surface area contributed by atoms with Crippen molar-refractivity contribution in [2.45, 2.75) is 26.2 Å². The maximum atomic E-state index is 13.0. The summed E-state index contributed by atoms with van der Waals surface area (Å²) in [6.07, 6.45) is 1.06. The zero-order chi connectivity index (χ0) is 22.7. The van der Waals surface area contributed by atoms with E-state index in [4.69, 9.17) is 16.6 Å². The zero-order valence-corrected chi connectivity index (χ0v) is 18.5. The number of thiocarbonyl (C=S) groups is 1. The van der Waals surface area contributed by atoms with E-state index in [1.54, 1.807) is 0 Å². The Bertz CT molecular complexity index is 1280. The summed E-state index contributed by atoms with van der Waals surface area (Å²) < 4.78 is 19.0. The molecule has 0 aliphatic carbocycles. The quantitative estimate of drug-likeness (QED) is 0.353. The standard InChI is InChI=1S/C25H22FN3O2S/c1-3-15(2)17-9-12-22-21(14-17)28-24(31-22)18-5-4-6-20(13-18)27-25(32)29-23(30)16-7-10-19(26)11-8-16/h4-15H,3H2,1-2H3,(H2,27,29,30,32)/t15-/m0/s1. The fourth-order valence-electron chi connectivity index (χ4n) is 3.28. The maximum absolute atomic E-state index is 13.0. The third-order valence-electron chi connectivity index (χ3n) is 5.29. The van der Waals surface area contributed by atoms with Crippen LogP contribution in [0.1, 0.15) is 42.1 Å². The summed E-state index contributed by atoms with van der Waals surface area (Å²) in [6.45, 7) is 4.35. The van der Waals surface area contributed by atoms with Gasteiger partial charge in [-0.05, 0) is 84.7 Å². The molecule has 0 aliphatic rings. The van der Waals surface area contributed by atoms with Crippen LogP contribution in [0.2, 0.25) is 0 Å². The Morgan fingerprint density at radius 2 is 1.91 bits per heavy atom. The smallest absolute Gasteiger partial charge is 0.257 e. The summed E-state index contributed by atoms with van der Waals surface area (Å²) in [5.41, 5.74) is 4.55. The molecule has 0 saturated heterocycles. The van der Waals surface area contributed by atoms with Crippen molar-refractivity contribution in [3.8, 4) is 11.5 Å². The molecule has 0 unspecified atom stereocenters. The van der Waals surface area contributed by atoms with Gasteiger partial charge in [0.25, 0.3) is 5.91 Å². The molecule has 4 aromatic rings. The normalized spacial score (nSPS) is 11.8. The Morgan fingerprint density at radius 3 is 2.66 bits per heavy atom. The fraction of sp³-hybridized carbons (Fsp3) is 0.160. The molecule has 0 fully saturated rings. The average molecular weight is 448 g/mol. The monoisotopic (exact) mass is 447 g/mol. The Kier molecular flexibility index (Phi) is 6.28. The predicted octanol–water partition coefficient (Wildman–Crippen LogP) is 6.27. The van der Waals surface area contributed by atoms with Crippen LogP contribution in [0.25, 0.3) is 22.6 Å². The van der Waals surface area contributed by atoms with Crippen LogP contribution in [0.5, 0.6) is 0 Å². The summed E-state index contributed by atoms with van der Waals surface area (Å²) in [5.74, 6) is 0.133. The number of benzene rings is 3. The van der Waals surface area contributed by atoms with Crippen LogP contribution in [0, 0.1) is 5.82 Å². The van der Waals surface area contributed by atoms with Gasteiger partial charge < -0.3 is 9.73 Å². The Balaban J connectivity index is 1.49. The third-order valence-corrected chi connectivity index (χ3v) is 5.50. The van der Waals surface area contributed by atoms with Crippen LogP contribution in [0.15, 0.2) is 71.1 Å². The number of nitrogens with zero attached hydrogens (tertiary/aromatic N) is 1. The van der Waals surface area contributed by atoms with E-state index in [1.165, 1.54) is 29.8 Å². The van der Waals surface area contributed by atoms with Crippen molar-refractivity contribution in [3.05, 3.63) is 83.7 Å².